The van der Waals surface area contributed by atoms with Gasteiger partial charge in [0.2, 0.25) is 10.8 Å². The molecule has 0 saturated carbocycles. The molecule has 4 rings (SSSR count). The van der Waals surface area contributed by atoms with Crippen LogP contribution in [0.1, 0.15) is 27.9 Å². The Labute approximate surface area is 151 Å². The van der Waals surface area contributed by atoms with Crippen LogP contribution in [0.4, 0.5) is 0 Å². The summed E-state index contributed by atoms with van der Waals surface area (Å²) in [6, 6.07) is 8.82. The average molecular weight is 359 g/mol. The van der Waals surface area contributed by atoms with Crippen LogP contribution in [-0.4, -0.2) is 52.9 Å². The second-order valence-electron chi connectivity index (χ2n) is 7.10. The molecule has 0 unspecified atom stereocenters. The number of hydrogen-bond donors (Lipinski definition) is 3. The van der Waals surface area contributed by atoms with Gasteiger partial charge < -0.3 is 14.9 Å². The Morgan fingerprint density at radius 3 is 2.44 bits per heavy atom. The molecule has 3 heterocycles. The van der Waals surface area contributed by atoms with Crippen molar-refractivity contribution in [1.82, 2.24) is 14.6 Å². The third-order valence-corrected chi connectivity index (χ3v) is 6.22. The summed E-state index contributed by atoms with van der Waals surface area (Å²) in [7, 11) is 2.25. The van der Waals surface area contributed by atoms with Gasteiger partial charge in [0, 0.05) is 5.56 Å². The molecule has 3 aromatic rings. The van der Waals surface area contributed by atoms with Crippen molar-refractivity contribution in [3.05, 3.63) is 46.1 Å². The van der Waals surface area contributed by atoms with Gasteiger partial charge in [-0.1, -0.05) is 41.2 Å². The standard InChI is InChI=1S/C18H23N5OS/c1-12-4-6-14(7-5-12)15(22-10-8-21(3)9-11-22)16-17(24)23-18(25-16)19-13(2)20-23/h4-7,15,24H,8-11H2,1-3H3/p+2/t15-/m0/s1. The Hall–Kier alpha value is -1.96. The van der Waals surface area contributed by atoms with Crippen molar-refractivity contribution in [3.63, 3.8) is 0 Å². The van der Waals surface area contributed by atoms with Gasteiger partial charge in [0.1, 0.15) is 36.9 Å². The zero-order chi connectivity index (χ0) is 17.6. The lowest BCUT2D eigenvalue weighted by atomic mass is 10.0. The van der Waals surface area contributed by atoms with E-state index < -0.39 is 0 Å². The molecule has 132 valence electrons. The highest BCUT2D eigenvalue weighted by Crippen LogP contribution is 2.35. The number of nitrogens with one attached hydrogen (secondary N) is 2. The summed E-state index contributed by atoms with van der Waals surface area (Å²) in [5.41, 5.74) is 2.50. The second kappa shape index (κ2) is 6.40. The van der Waals surface area contributed by atoms with Crippen molar-refractivity contribution in [3.8, 4) is 5.88 Å². The van der Waals surface area contributed by atoms with Crippen LogP contribution in [0.3, 0.4) is 0 Å². The van der Waals surface area contributed by atoms with E-state index in [4.69, 9.17) is 0 Å². The predicted octanol–water partition coefficient (Wildman–Crippen LogP) is -0.384. The molecule has 1 aliphatic heterocycles. The van der Waals surface area contributed by atoms with E-state index in [1.54, 1.807) is 20.8 Å². The topological polar surface area (TPSA) is 59.3 Å². The monoisotopic (exact) mass is 359 g/mol. The lowest BCUT2D eigenvalue weighted by Gasteiger charge is -2.33. The molecule has 0 spiro atoms. The minimum absolute atomic E-state index is 0.127. The van der Waals surface area contributed by atoms with Crippen molar-refractivity contribution in [1.29, 1.82) is 0 Å². The maximum atomic E-state index is 10.8. The van der Waals surface area contributed by atoms with Crippen LogP contribution >= 0.6 is 11.3 Å². The molecule has 1 saturated heterocycles. The first-order valence-electron chi connectivity index (χ1n) is 8.80. The molecule has 1 aliphatic rings. The van der Waals surface area contributed by atoms with Crippen LogP contribution in [0.5, 0.6) is 5.88 Å². The van der Waals surface area contributed by atoms with Gasteiger partial charge in [-0.05, 0) is 13.8 Å². The van der Waals surface area contributed by atoms with E-state index in [9.17, 15) is 5.11 Å². The minimum Gasteiger partial charge on any atom is -0.492 e. The molecule has 0 aliphatic carbocycles. The molecule has 6 nitrogen and oxygen atoms in total. The molecule has 0 bridgehead atoms. The van der Waals surface area contributed by atoms with E-state index in [0.29, 0.717) is 5.82 Å². The molecular formula is C18H25N5OS+2. The highest BCUT2D eigenvalue weighted by atomic mass is 32.1. The first-order chi connectivity index (χ1) is 12.0. The number of piperazine rings is 1. The highest BCUT2D eigenvalue weighted by molar-refractivity contribution is 7.17. The summed E-state index contributed by atoms with van der Waals surface area (Å²) in [6.07, 6.45) is 0. The van der Waals surface area contributed by atoms with Crippen molar-refractivity contribution in [2.24, 2.45) is 0 Å². The van der Waals surface area contributed by atoms with Gasteiger partial charge in [-0.25, -0.2) is 4.98 Å². The fraction of sp³-hybridized carbons (Fsp3) is 0.444. The van der Waals surface area contributed by atoms with Crippen LogP contribution < -0.4 is 9.80 Å². The van der Waals surface area contributed by atoms with Gasteiger partial charge in [0.25, 0.3) is 0 Å². The third kappa shape index (κ3) is 3.03. The van der Waals surface area contributed by atoms with Gasteiger partial charge >= 0.3 is 0 Å². The molecule has 0 radical (unpaired) electrons. The molecule has 1 atom stereocenters. The summed E-state index contributed by atoms with van der Waals surface area (Å²) in [4.78, 5) is 9.25. The Bertz CT molecular complexity index is 877. The first kappa shape index (κ1) is 16.5. The van der Waals surface area contributed by atoms with E-state index in [1.807, 2.05) is 6.92 Å². The first-order valence-corrected chi connectivity index (χ1v) is 9.62. The molecule has 2 aromatic heterocycles. The van der Waals surface area contributed by atoms with E-state index in [2.05, 4.69) is 48.3 Å². The summed E-state index contributed by atoms with van der Waals surface area (Å²) in [5.74, 6) is 0.931. The Morgan fingerprint density at radius 2 is 1.80 bits per heavy atom. The summed E-state index contributed by atoms with van der Waals surface area (Å²) < 4.78 is 1.58. The molecular weight excluding hydrogens is 334 g/mol. The Morgan fingerprint density at radius 1 is 1.12 bits per heavy atom. The maximum absolute atomic E-state index is 10.8. The summed E-state index contributed by atoms with van der Waals surface area (Å²) >= 11 is 1.56. The van der Waals surface area contributed by atoms with Crippen molar-refractivity contribution in [2.45, 2.75) is 19.9 Å². The molecule has 25 heavy (non-hydrogen) atoms. The molecule has 1 fully saturated rings. The summed E-state index contributed by atoms with van der Waals surface area (Å²) in [6.45, 7) is 8.45. The van der Waals surface area contributed by atoms with Crippen LogP contribution in [0.15, 0.2) is 24.3 Å². The quantitative estimate of drug-likeness (QED) is 0.597. The number of aromatic nitrogens is 3. The number of aryl methyl sites for hydroxylation is 2. The predicted molar refractivity (Wildman–Crippen MR) is 97.6 cm³/mol. The van der Waals surface area contributed by atoms with E-state index >= 15 is 0 Å². The smallest absolute Gasteiger partial charge is 0.235 e. The van der Waals surface area contributed by atoms with E-state index in [1.165, 1.54) is 16.0 Å². The maximum Gasteiger partial charge on any atom is 0.235 e. The fourth-order valence-corrected chi connectivity index (χ4v) is 4.84. The number of likely N-dealkylation sites (N-methyl/N-ethyl adjacent to an activating group) is 1. The largest absolute Gasteiger partial charge is 0.492 e. The van der Waals surface area contributed by atoms with Crippen LogP contribution in [0, 0.1) is 13.8 Å². The summed E-state index contributed by atoms with van der Waals surface area (Å²) in [5, 5.41) is 15.2. The fourth-order valence-electron chi connectivity index (χ4n) is 3.65. The van der Waals surface area contributed by atoms with Crippen LogP contribution in [0.25, 0.3) is 4.96 Å². The zero-order valence-corrected chi connectivity index (χ0v) is 15.7. The normalized spacial score (nSPS) is 22.4. The molecule has 0 amide bonds. The number of aromatic hydroxyl groups is 1. The number of nitrogens with zero attached hydrogens (tertiary/aromatic N) is 3. The highest BCUT2D eigenvalue weighted by Gasteiger charge is 2.35. The molecule has 1 aromatic carbocycles. The lowest BCUT2D eigenvalue weighted by Crippen LogP contribution is -3.27. The van der Waals surface area contributed by atoms with Crippen molar-refractivity contribution >= 4 is 16.3 Å². The van der Waals surface area contributed by atoms with Crippen molar-refractivity contribution in [2.75, 3.05) is 33.2 Å². The number of quaternary nitrogens is 2. The average Bonchev–Trinajstić information content (AvgIpc) is 3.09. The molecule has 3 N–H and O–H groups in total. The second-order valence-corrected chi connectivity index (χ2v) is 8.11. The minimum atomic E-state index is 0.127. The Kier molecular flexibility index (Phi) is 4.23. The van der Waals surface area contributed by atoms with Crippen molar-refractivity contribution < 1.29 is 14.9 Å². The Balaban J connectivity index is 1.79. The number of rotatable bonds is 3. The van der Waals surface area contributed by atoms with E-state index in [0.717, 1.165) is 36.0 Å². The van der Waals surface area contributed by atoms with Gasteiger partial charge in [-0.3, -0.25) is 0 Å². The van der Waals surface area contributed by atoms with Gasteiger partial charge in [-0.2, -0.15) is 4.52 Å². The van der Waals surface area contributed by atoms with E-state index in [-0.39, 0.29) is 11.9 Å². The van der Waals surface area contributed by atoms with Crippen LogP contribution in [0.2, 0.25) is 0 Å². The van der Waals surface area contributed by atoms with Gasteiger partial charge in [-0.15, -0.1) is 5.10 Å². The van der Waals surface area contributed by atoms with Gasteiger partial charge in [0.05, 0.1) is 7.05 Å². The third-order valence-electron chi connectivity index (χ3n) is 5.13. The van der Waals surface area contributed by atoms with Crippen LogP contribution in [-0.2, 0) is 0 Å². The number of benzene rings is 1. The number of fused-ring (bicyclic) bond motifs is 1. The number of hydrogen-bond acceptors (Lipinski definition) is 4. The van der Waals surface area contributed by atoms with Gasteiger partial charge in [0.15, 0.2) is 6.04 Å². The number of thiazole rings is 1. The SMILES string of the molecule is Cc1ccc([C@@H](c2sc3nc(C)nn3c2O)[NH+]2CC[NH+](C)CC2)cc1. The zero-order valence-electron chi connectivity index (χ0n) is 14.9. The molecule has 7 heteroatoms. The lowest BCUT2D eigenvalue weighted by molar-refractivity contribution is -1.02.